The Morgan fingerprint density at radius 1 is 1.26 bits per heavy atom. The lowest BCUT2D eigenvalue weighted by Crippen LogP contribution is -2.10. The normalized spacial score (nSPS) is 14.8. The van der Waals surface area contributed by atoms with Crippen molar-refractivity contribution in [3.05, 3.63) is 50.9 Å². The van der Waals surface area contributed by atoms with Gasteiger partial charge in [-0.1, -0.05) is 41.1 Å². The zero-order valence-corrected chi connectivity index (χ0v) is 14.7. The lowest BCUT2D eigenvalue weighted by atomic mass is 10.1. The van der Waals surface area contributed by atoms with Crippen LogP contribution in [0.15, 0.2) is 24.4 Å². The van der Waals surface area contributed by atoms with Gasteiger partial charge in [-0.25, -0.2) is 4.98 Å². The summed E-state index contributed by atoms with van der Waals surface area (Å²) in [5.41, 5.74) is 1.66. The number of benzene rings is 1. The summed E-state index contributed by atoms with van der Waals surface area (Å²) in [6.07, 6.45) is 3.98. The van der Waals surface area contributed by atoms with Crippen molar-refractivity contribution >= 4 is 40.6 Å². The molecule has 1 N–H and O–H groups in total. The number of nitrogens with zero attached hydrogens (tertiary/aromatic N) is 2. The molecule has 0 aliphatic heterocycles. The van der Waals surface area contributed by atoms with Crippen LogP contribution in [0.4, 0.5) is 5.82 Å². The summed E-state index contributed by atoms with van der Waals surface area (Å²) >= 11 is 18.1. The Labute approximate surface area is 150 Å². The first-order valence-corrected chi connectivity index (χ1v) is 8.42. The second-order valence-electron chi connectivity index (χ2n) is 5.48. The third-order valence-corrected chi connectivity index (χ3v) is 4.27. The number of rotatable bonds is 3. The number of nitrogens with one attached hydrogen (secondary N) is 1. The predicted octanol–water partition coefficient (Wildman–Crippen LogP) is 5.37. The number of anilines is 1. The van der Waals surface area contributed by atoms with E-state index < -0.39 is 0 Å². The highest BCUT2D eigenvalue weighted by Crippen LogP contribution is 2.30. The smallest absolute Gasteiger partial charge is 0.224 e. The van der Waals surface area contributed by atoms with Gasteiger partial charge in [-0.3, -0.25) is 0 Å². The average molecular weight is 367 g/mol. The lowest BCUT2D eigenvalue weighted by Gasteiger charge is -2.17. The van der Waals surface area contributed by atoms with Crippen LogP contribution in [-0.2, 0) is 0 Å². The summed E-state index contributed by atoms with van der Waals surface area (Å²) in [5.74, 6) is 7.45. The van der Waals surface area contributed by atoms with Gasteiger partial charge in [0.25, 0.3) is 0 Å². The molecule has 0 unspecified atom stereocenters. The summed E-state index contributed by atoms with van der Waals surface area (Å²) in [6.45, 7) is 1.99. The largest absolute Gasteiger partial charge is 0.362 e. The van der Waals surface area contributed by atoms with Gasteiger partial charge in [0, 0.05) is 22.2 Å². The third kappa shape index (κ3) is 4.29. The van der Waals surface area contributed by atoms with Gasteiger partial charge in [0.2, 0.25) is 5.28 Å². The van der Waals surface area contributed by atoms with Crippen LogP contribution in [0.25, 0.3) is 0 Å². The minimum atomic E-state index is -0.0767. The Kier molecular flexibility index (Phi) is 4.96. The van der Waals surface area contributed by atoms with Crippen molar-refractivity contribution in [3.63, 3.8) is 0 Å². The summed E-state index contributed by atoms with van der Waals surface area (Å²) in [5, 5.41) is 4.69. The molecule has 3 nitrogen and oxygen atoms in total. The van der Waals surface area contributed by atoms with Crippen LogP contribution >= 0.6 is 34.8 Å². The number of halogens is 3. The van der Waals surface area contributed by atoms with Gasteiger partial charge in [-0.15, -0.1) is 0 Å². The van der Waals surface area contributed by atoms with E-state index in [0.29, 0.717) is 21.8 Å². The fourth-order valence-electron chi connectivity index (χ4n) is 2.10. The minimum Gasteiger partial charge on any atom is -0.362 e. The van der Waals surface area contributed by atoms with Gasteiger partial charge in [0.15, 0.2) is 0 Å². The minimum absolute atomic E-state index is 0.0767. The third-order valence-electron chi connectivity index (χ3n) is 3.53. The number of aromatic nitrogens is 2. The topological polar surface area (TPSA) is 37.8 Å². The SMILES string of the molecule is C[C@@H](Nc1nc(Cl)ncc1C#CC1CC1)c1ccc(Cl)cc1Cl. The van der Waals surface area contributed by atoms with Gasteiger partial charge < -0.3 is 5.32 Å². The van der Waals surface area contributed by atoms with Gasteiger partial charge in [-0.05, 0) is 49.1 Å². The maximum absolute atomic E-state index is 6.26. The first kappa shape index (κ1) is 16.4. The molecule has 1 aliphatic carbocycles. The summed E-state index contributed by atoms with van der Waals surface area (Å²) in [4.78, 5) is 8.27. The van der Waals surface area contributed by atoms with Crippen molar-refractivity contribution in [1.29, 1.82) is 0 Å². The van der Waals surface area contributed by atoms with Gasteiger partial charge >= 0.3 is 0 Å². The van der Waals surface area contributed by atoms with Crippen LogP contribution in [0, 0.1) is 17.8 Å². The Hall–Kier alpha value is -1.47. The van der Waals surface area contributed by atoms with Gasteiger partial charge in [0.1, 0.15) is 5.82 Å². The van der Waals surface area contributed by atoms with E-state index in [1.165, 1.54) is 12.8 Å². The van der Waals surface area contributed by atoms with Crippen LogP contribution in [0.2, 0.25) is 15.3 Å². The van der Waals surface area contributed by atoms with Crippen molar-refractivity contribution in [2.75, 3.05) is 5.32 Å². The van der Waals surface area contributed by atoms with E-state index in [2.05, 4.69) is 27.1 Å². The molecule has 1 heterocycles. The molecule has 0 amide bonds. The fourth-order valence-corrected chi connectivity index (χ4v) is 2.81. The van der Waals surface area contributed by atoms with E-state index in [9.17, 15) is 0 Å². The summed E-state index contributed by atoms with van der Waals surface area (Å²) < 4.78 is 0. The molecule has 2 aromatic rings. The molecule has 1 fully saturated rings. The quantitative estimate of drug-likeness (QED) is 0.586. The van der Waals surface area contributed by atoms with Crippen LogP contribution in [0.1, 0.15) is 36.9 Å². The van der Waals surface area contributed by atoms with Crippen molar-refractivity contribution in [2.24, 2.45) is 5.92 Å². The van der Waals surface area contributed by atoms with Crippen LogP contribution in [0.3, 0.4) is 0 Å². The fraction of sp³-hybridized carbons (Fsp3) is 0.294. The highest BCUT2D eigenvalue weighted by Gasteiger charge is 2.18. The molecule has 0 spiro atoms. The molecule has 1 saturated carbocycles. The molecule has 0 bridgehead atoms. The van der Waals surface area contributed by atoms with E-state index in [-0.39, 0.29) is 11.3 Å². The van der Waals surface area contributed by atoms with E-state index in [0.717, 1.165) is 11.1 Å². The molecular weight excluding hydrogens is 353 g/mol. The van der Waals surface area contributed by atoms with E-state index in [1.54, 1.807) is 12.3 Å². The first-order valence-electron chi connectivity index (χ1n) is 7.28. The molecule has 23 heavy (non-hydrogen) atoms. The number of hydrogen-bond donors (Lipinski definition) is 1. The van der Waals surface area contributed by atoms with Gasteiger partial charge in [-0.2, -0.15) is 4.98 Å². The lowest BCUT2D eigenvalue weighted by molar-refractivity contribution is 0.871. The summed E-state index contributed by atoms with van der Waals surface area (Å²) in [6, 6.07) is 5.34. The molecule has 1 aliphatic rings. The Morgan fingerprint density at radius 3 is 2.74 bits per heavy atom. The molecule has 0 radical (unpaired) electrons. The van der Waals surface area contributed by atoms with E-state index in [1.807, 2.05) is 19.1 Å². The van der Waals surface area contributed by atoms with Crippen molar-refractivity contribution in [3.8, 4) is 11.8 Å². The maximum Gasteiger partial charge on any atom is 0.224 e. The highest BCUT2D eigenvalue weighted by molar-refractivity contribution is 6.35. The van der Waals surface area contributed by atoms with Crippen molar-refractivity contribution in [2.45, 2.75) is 25.8 Å². The molecular formula is C17H14Cl3N3. The molecule has 3 rings (SSSR count). The zero-order chi connectivity index (χ0) is 16.4. The van der Waals surface area contributed by atoms with Crippen LogP contribution in [0.5, 0.6) is 0 Å². The Balaban J connectivity index is 1.86. The van der Waals surface area contributed by atoms with E-state index in [4.69, 9.17) is 34.8 Å². The Bertz CT molecular complexity index is 791. The van der Waals surface area contributed by atoms with Crippen LogP contribution < -0.4 is 5.32 Å². The number of hydrogen-bond acceptors (Lipinski definition) is 3. The Morgan fingerprint density at radius 2 is 2.04 bits per heavy atom. The second kappa shape index (κ2) is 6.97. The van der Waals surface area contributed by atoms with E-state index >= 15 is 0 Å². The molecule has 1 aromatic carbocycles. The summed E-state index contributed by atoms with van der Waals surface area (Å²) in [7, 11) is 0. The highest BCUT2D eigenvalue weighted by atomic mass is 35.5. The molecule has 1 atom stereocenters. The monoisotopic (exact) mass is 365 g/mol. The molecule has 0 saturated heterocycles. The molecule has 1 aromatic heterocycles. The van der Waals surface area contributed by atoms with Crippen LogP contribution in [-0.4, -0.2) is 9.97 Å². The average Bonchev–Trinajstić information content (AvgIpc) is 3.30. The second-order valence-corrected chi connectivity index (χ2v) is 6.66. The standard InChI is InChI=1S/C17H14Cl3N3/c1-10(14-7-6-13(18)8-15(14)19)22-16-12(5-4-11-2-3-11)9-21-17(20)23-16/h6-11H,2-3H2,1H3,(H,21,22,23)/t10-/m1/s1. The van der Waals surface area contributed by atoms with Crippen molar-refractivity contribution < 1.29 is 0 Å². The zero-order valence-electron chi connectivity index (χ0n) is 12.4. The van der Waals surface area contributed by atoms with Gasteiger partial charge in [0.05, 0.1) is 11.6 Å². The maximum atomic E-state index is 6.26. The predicted molar refractivity (Wildman–Crippen MR) is 95.1 cm³/mol. The first-order chi connectivity index (χ1) is 11.0. The van der Waals surface area contributed by atoms with Crippen molar-refractivity contribution in [1.82, 2.24) is 9.97 Å². The molecule has 118 valence electrons. The molecule has 6 heteroatoms.